The smallest absolute Gasteiger partial charge is 0.335 e. The van der Waals surface area contributed by atoms with E-state index in [4.69, 9.17) is 19.3 Å². The summed E-state index contributed by atoms with van der Waals surface area (Å²) in [6, 6.07) is 10.5. The van der Waals surface area contributed by atoms with Crippen LogP contribution in [0.15, 0.2) is 42.6 Å². The summed E-state index contributed by atoms with van der Waals surface area (Å²) in [5.41, 5.74) is 0.915. The summed E-state index contributed by atoms with van der Waals surface area (Å²) in [5, 5.41) is 40.4. The van der Waals surface area contributed by atoms with E-state index in [2.05, 4.69) is 10.3 Å². The van der Waals surface area contributed by atoms with Crippen molar-refractivity contribution in [3.63, 3.8) is 0 Å². The molecule has 2 aliphatic rings. The highest BCUT2D eigenvalue weighted by Crippen LogP contribution is 2.26. The van der Waals surface area contributed by atoms with Crippen molar-refractivity contribution in [3.8, 4) is 11.5 Å². The van der Waals surface area contributed by atoms with Gasteiger partial charge in [-0.15, -0.1) is 0 Å². The molecule has 2 aromatic rings. The summed E-state index contributed by atoms with van der Waals surface area (Å²) in [6.07, 6.45) is -6.70. The predicted octanol–water partition coefficient (Wildman–Crippen LogP) is -0.238. The maximum atomic E-state index is 11.7. The Kier molecular flexibility index (Phi) is 8.69. The van der Waals surface area contributed by atoms with Crippen molar-refractivity contribution in [1.82, 2.24) is 10.3 Å². The number of rotatable bonds is 10. The van der Waals surface area contributed by atoms with Crippen molar-refractivity contribution in [3.05, 3.63) is 48.2 Å². The molecule has 0 spiro atoms. The third-order valence-corrected chi connectivity index (χ3v) is 6.97. The number of carboxylic acids is 1. The van der Waals surface area contributed by atoms with Gasteiger partial charge < -0.3 is 39.5 Å². The van der Waals surface area contributed by atoms with E-state index in [0.717, 1.165) is 17.3 Å². The van der Waals surface area contributed by atoms with Gasteiger partial charge in [-0.2, -0.15) is 0 Å². The minimum absolute atomic E-state index is 0.160. The molecule has 5 N–H and O–H groups in total. The summed E-state index contributed by atoms with van der Waals surface area (Å²) >= 11 is 0.990. The molecule has 0 saturated carbocycles. The first kappa shape index (κ1) is 27.6. The van der Waals surface area contributed by atoms with Crippen LogP contribution < -0.4 is 19.7 Å². The summed E-state index contributed by atoms with van der Waals surface area (Å²) in [5.74, 6) is -0.381. The molecule has 4 rings (SSSR count). The molecule has 2 fully saturated rings. The second-order valence-electron chi connectivity index (χ2n) is 8.71. The van der Waals surface area contributed by atoms with Crippen LogP contribution in [0.25, 0.3) is 0 Å². The van der Waals surface area contributed by atoms with Crippen LogP contribution in [-0.4, -0.2) is 98.7 Å². The van der Waals surface area contributed by atoms with E-state index in [1.807, 2.05) is 24.1 Å². The predicted molar refractivity (Wildman–Crippen MR) is 133 cm³/mol. The number of thioether (sulfide) groups is 1. The number of aliphatic hydroxyl groups excluding tert-OH is 3. The first-order valence-electron chi connectivity index (χ1n) is 11.6. The largest absolute Gasteiger partial charge is 0.492 e. The molecular weight excluding hydrogens is 522 g/mol. The molecule has 38 heavy (non-hydrogen) atoms. The Morgan fingerprint density at radius 2 is 1.79 bits per heavy atom. The van der Waals surface area contributed by atoms with Crippen LogP contribution in [0.5, 0.6) is 11.5 Å². The second-order valence-corrected chi connectivity index (χ2v) is 9.88. The van der Waals surface area contributed by atoms with E-state index in [9.17, 15) is 29.7 Å². The normalized spacial score (nSPS) is 27.1. The number of benzene rings is 1. The topological polar surface area (TPSA) is 188 Å². The van der Waals surface area contributed by atoms with Gasteiger partial charge in [-0.05, 0) is 36.2 Å². The monoisotopic (exact) mass is 549 g/mol. The standard InChI is InChI=1S/C24H27N3O10S/c1-27(8-9-35-13-4-2-12(3-5-13)10-15-21(31)26-24(34)38-15)16-7-6-14(11-25-16)36-23-19(30)17(28)18(29)20(37-23)22(32)33/h2-7,11,15,17-20,23,28-30H,8-10H2,1H3,(H,32,33)(H,26,31,34)/t15-,17+,18+,19-,20+,23-/m1/s1. The molecule has 1 aromatic carbocycles. The van der Waals surface area contributed by atoms with E-state index in [0.29, 0.717) is 31.1 Å². The summed E-state index contributed by atoms with van der Waals surface area (Å²) in [4.78, 5) is 40.3. The number of amides is 2. The van der Waals surface area contributed by atoms with Gasteiger partial charge in [0.2, 0.25) is 12.2 Å². The number of aliphatic hydroxyl groups is 3. The lowest BCUT2D eigenvalue weighted by molar-refractivity contribution is -0.271. The zero-order valence-electron chi connectivity index (χ0n) is 20.2. The molecule has 0 bridgehead atoms. The highest BCUT2D eigenvalue weighted by molar-refractivity contribution is 8.15. The quantitative estimate of drug-likeness (QED) is 0.261. The lowest BCUT2D eigenvalue weighted by atomic mass is 9.99. The molecule has 0 unspecified atom stereocenters. The maximum absolute atomic E-state index is 11.7. The summed E-state index contributed by atoms with van der Waals surface area (Å²) in [7, 11) is 1.81. The van der Waals surface area contributed by atoms with Crippen molar-refractivity contribution in [2.24, 2.45) is 0 Å². The molecule has 1 aromatic heterocycles. The zero-order chi connectivity index (χ0) is 27.4. The number of anilines is 1. The Morgan fingerprint density at radius 1 is 1.08 bits per heavy atom. The number of imide groups is 1. The number of carbonyl (C=O) groups is 3. The van der Waals surface area contributed by atoms with Crippen LogP contribution in [0.3, 0.4) is 0 Å². The number of ether oxygens (including phenoxy) is 3. The summed E-state index contributed by atoms with van der Waals surface area (Å²) < 4.78 is 16.3. The van der Waals surface area contributed by atoms with E-state index in [1.54, 1.807) is 18.2 Å². The maximum Gasteiger partial charge on any atom is 0.335 e. The third-order valence-electron chi connectivity index (χ3n) is 5.98. The highest BCUT2D eigenvalue weighted by atomic mass is 32.2. The zero-order valence-corrected chi connectivity index (χ0v) is 21.0. The van der Waals surface area contributed by atoms with Crippen molar-refractivity contribution < 1.29 is 49.0 Å². The lowest BCUT2D eigenvalue weighted by Crippen LogP contribution is -2.61. The number of carbonyl (C=O) groups excluding carboxylic acids is 2. The minimum atomic E-state index is -1.80. The van der Waals surface area contributed by atoms with Crippen molar-refractivity contribution in [2.75, 3.05) is 25.1 Å². The van der Waals surface area contributed by atoms with E-state index < -0.39 is 41.9 Å². The molecule has 2 saturated heterocycles. The molecule has 14 heteroatoms. The number of nitrogens with one attached hydrogen (secondary N) is 1. The molecule has 3 heterocycles. The van der Waals surface area contributed by atoms with Crippen molar-refractivity contribution in [1.29, 1.82) is 0 Å². The number of hydrogen-bond acceptors (Lipinski definition) is 12. The summed E-state index contributed by atoms with van der Waals surface area (Å²) in [6.45, 7) is 0.842. The van der Waals surface area contributed by atoms with Crippen molar-refractivity contribution in [2.45, 2.75) is 42.4 Å². The van der Waals surface area contributed by atoms with Crippen LogP contribution in [0.1, 0.15) is 5.56 Å². The fourth-order valence-corrected chi connectivity index (χ4v) is 4.69. The minimum Gasteiger partial charge on any atom is -0.492 e. The van der Waals surface area contributed by atoms with Crippen LogP contribution >= 0.6 is 11.8 Å². The van der Waals surface area contributed by atoms with Gasteiger partial charge >= 0.3 is 5.97 Å². The number of likely N-dealkylation sites (N-methyl/N-ethyl adjacent to an activating group) is 1. The Balaban J connectivity index is 1.24. The van der Waals surface area contributed by atoms with Gasteiger partial charge in [-0.3, -0.25) is 14.9 Å². The number of hydrogen-bond donors (Lipinski definition) is 5. The van der Waals surface area contributed by atoms with E-state index in [-0.39, 0.29) is 16.9 Å². The molecule has 0 radical (unpaired) electrons. The van der Waals surface area contributed by atoms with Gasteiger partial charge in [0.25, 0.3) is 5.24 Å². The molecule has 6 atom stereocenters. The average Bonchev–Trinajstić information content (AvgIpc) is 3.21. The first-order chi connectivity index (χ1) is 18.1. The van der Waals surface area contributed by atoms with Crippen molar-refractivity contribution >= 4 is 34.7 Å². The number of aliphatic carboxylic acids is 1. The third kappa shape index (κ3) is 6.52. The van der Waals surface area contributed by atoms with Crippen LogP contribution in [0.4, 0.5) is 10.6 Å². The Morgan fingerprint density at radius 3 is 2.39 bits per heavy atom. The SMILES string of the molecule is CN(CCOc1ccc(C[C@H]2SC(=O)NC2=O)cc1)c1ccc(O[C@@H]2O[C@H](C(=O)O)[C@@H](O)[C@H](O)[C@H]2O)cn1. The van der Waals surface area contributed by atoms with Gasteiger partial charge in [-0.25, -0.2) is 9.78 Å². The average molecular weight is 550 g/mol. The molecule has 0 aliphatic carbocycles. The first-order valence-corrected chi connectivity index (χ1v) is 12.5. The van der Waals surface area contributed by atoms with Crippen LogP contribution in [-0.2, 0) is 20.7 Å². The Bertz CT molecular complexity index is 1150. The number of carboxylic acid groups (broad SMARTS) is 1. The fraction of sp³-hybridized carbons (Fsp3) is 0.417. The van der Waals surface area contributed by atoms with Gasteiger partial charge in [0, 0.05) is 7.05 Å². The van der Waals surface area contributed by atoms with Gasteiger partial charge in [0.15, 0.2) is 6.10 Å². The molecule has 13 nitrogen and oxygen atoms in total. The van der Waals surface area contributed by atoms with E-state index in [1.165, 1.54) is 12.3 Å². The molecule has 2 aliphatic heterocycles. The Labute approximate surface area is 221 Å². The molecule has 2 amide bonds. The van der Waals surface area contributed by atoms with Gasteiger partial charge in [-0.1, -0.05) is 23.9 Å². The Hall–Kier alpha value is -3.43. The lowest BCUT2D eigenvalue weighted by Gasteiger charge is -2.38. The van der Waals surface area contributed by atoms with Gasteiger partial charge in [0.1, 0.15) is 42.2 Å². The molecular formula is C24H27N3O10S. The number of aromatic nitrogens is 1. The molecule has 204 valence electrons. The fourth-order valence-electron chi connectivity index (χ4n) is 3.83. The second kappa shape index (κ2) is 12.0. The van der Waals surface area contributed by atoms with Crippen LogP contribution in [0, 0.1) is 0 Å². The van der Waals surface area contributed by atoms with E-state index >= 15 is 0 Å². The number of nitrogens with zero attached hydrogens (tertiary/aromatic N) is 2. The van der Waals surface area contributed by atoms with Gasteiger partial charge in [0.05, 0.1) is 18.0 Å². The van der Waals surface area contributed by atoms with Crippen LogP contribution in [0.2, 0.25) is 0 Å². The highest BCUT2D eigenvalue weighted by Gasteiger charge is 2.48. The number of pyridine rings is 1.